The van der Waals surface area contributed by atoms with Crippen molar-refractivity contribution in [2.75, 3.05) is 23.4 Å². The van der Waals surface area contributed by atoms with E-state index in [2.05, 4.69) is 17.2 Å². The first-order chi connectivity index (χ1) is 10.8. The molecule has 0 saturated heterocycles. The van der Waals surface area contributed by atoms with Gasteiger partial charge in [0.15, 0.2) is 11.6 Å². The van der Waals surface area contributed by atoms with E-state index in [-0.39, 0.29) is 5.91 Å². The van der Waals surface area contributed by atoms with Gasteiger partial charge in [-0.05, 0) is 43.1 Å². The second-order valence-electron chi connectivity index (χ2n) is 5.77. The van der Waals surface area contributed by atoms with Crippen LogP contribution in [0.4, 0.5) is 5.82 Å². The number of hydrogen-bond donors (Lipinski definition) is 1. The van der Waals surface area contributed by atoms with Crippen molar-refractivity contribution >= 4 is 23.5 Å². The van der Waals surface area contributed by atoms with Crippen molar-refractivity contribution in [2.24, 2.45) is 5.92 Å². The third kappa shape index (κ3) is 5.87. The number of pyridine rings is 1. The van der Waals surface area contributed by atoms with Crippen LogP contribution < -0.4 is 10.1 Å². The molecule has 1 aromatic rings. The number of hydrogen-bond acceptors (Lipinski definition) is 4. The monoisotopic (exact) mass is 322 g/mol. The first-order valence-electron chi connectivity index (χ1n) is 8.25. The number of amides is 1. The highest BCUT2D eigenvalue weighted by molar-refractivity contribution is 7.99. The van der Waals surface area contributed by atoms with Crippen LogP contribution in [0.15, 0.2) is 18.3 Å². The van der Waals surface area contributed by atoms with E-state index in [1.165, 1.54) is 32.1 Å². The minimum atomic E-state index is -0.0142. The summed E-state index contributed by atoms with van der Waals surface area (Å²) in [6.07, 6.45) is 9.21. The number of rotatable bonds is 8. The molecule has 4 nitrogen and oxygen atoms in total. The van der Waals surface area contributed by atoms with Gasteiger partial charge >= 0.3 is 0 Å². The Morgan fingerprint density at radius 3 is 3.00 bits per heavy atom. The molecule has 1 aliphatic carbocycles. The zero-order chi connectivity index (χ0) is 15.6. The van der Waals surface area contributed by atoms with Crippen molar-refractivity contribution in [3.8, 4) is 5.75 Å². The average molecular weight is 322 g/mol. The van der Waals surface area contributed by atoms with E-state index in [0.717, 1.165) is 18.8 Å². The maximum atomic E-state index is 11.9. The summed E-state index contributed by atoms with van der Waals surface area (Å²) in [6, 6.07) is 3.72. The van der Waals surface area contributed by atoms with Crippen LogP contribution in [0.1, 0.15) is 45.4 Å². The molecule has 0 radical (unpaired) electrons. The largest absolute Gasteiger partial charge is 0.489 e. The number of anilines is 1. The maximum Gasteiger partial charge on any atom is 0.235 e. The Labute approximate surface area is 137 Å². The molecule has 1 amide bonds. The van der Waals surface area contributed by atoms with Gasteiger partial charge < -0.3 is 10.1 Å². The van der Waals surface area contributed by atoms with Gasteiger partial charge in [-0.25, -0.2) is 4.98 Å². The molecule has 5 heteroatoms. The van der Waals surface area contributed by atoms with Crippen molar-refractivity contribution in [1.82, 2.24) is 4.98 Å². The van der Waals surface area contributed by atoms with Crippen LogP contribution in [0.3, 0.4) is 0 Å². The molecule has 1 N–H and O–H groups in total. The number of thioether (sulfide) groups is 1. The van der Waals surface area contributed by atoms with Crippen LogP contribution in [0.5, 0.6) is 5.75 Å². The fourth-order valence-corrected chi connectivity index (χ4v) is 3.33. The van der Waals surface area contributed by atoms with Gasteiger partial charge in [-0.2, -0.15) is 11.8 Å². The van der Waals surface area contributed by atoms with Gasteiger partial charge in [0, 0.05) is 6.20 Å². The summed E-state index contributed by atoms with van der Waals surface area (Å²) in [5, 5.41) is 2.86. The second kappa shape index (κ2) is 9.72. The van der Waals surface area contributed by atoms with Gasteiger partial charge in [0.05, 0.1) is 12.4 Å². The summed E-state index contributed by atoms with van der Waals surface area (Å²) < 4.78 is 5.92. The summed E-state index contributed by atoms with van der Waals surface area (Å²) in [5.41, 5.74) is 0. The van der Waals surface area contributed by atoms with Crippen molar-refractivity contribution in [3.05, 3.63) is 18.3 Å². The predicted molar refractivity (Wildman–Crippen MR) is 92.6 cm³/mol. The number of aromatic nitrogens is 1. The zero-order valence-corrected chi connectivity index (χ0v) is 14.2. The van der Waals surface area contributed by atoms with Gasteiger partial charge in [0.1, 0.15) is 0 Å². The first-order valence-corrected chi connectivity index (χ1v) is 9.40. The van der Waals surface area contributed by atoms with E-state index in [1.54, 1.807) is 18.0 Å². The zero-order valence-electron chi connectivity index (χ0n) is 13.3. The number of nitrogens with one attached hydrogen (secondary N) is 1. The van der Waals surface area contributed by atoms with Crippen LogP contribution in [-0.2, 0) is 4.79 Å². The highest BCUT2D eigenvalue weighted by atomic mass is 32.2. The molecule has 0 aliphatic heterocycles. The van der Waals surface area contributed by atoms with Crippen molar-refractivity contribution in [1.29, 1.82) is 0 Å². The molecule has 22 heavy (non-hydrogen) atoms. The van der Waals surface area contributed by atoms with E-state index in [4.69, 9.17) is 4.74 Å². The van der Waals surface area contributed by atoms with Gasteiger partial charge in [0.25, 0.3) is 0 Å². The second-order valence-corrected chi connectivity index (χ2v) is 6.87. The first kappa shape index (κ1) is 17.1. The smallest absolute Gasteiger partial charge is 0.235 e. The number of nitrogens with zero attached hydrogens (tertiary/aromatic N) is 1. The summed E-state index contributed by atoms with van der Waals surface area (Å²) in [6.45, 7) is 2.83. The van der Waals surface area contributed by atoms with Gasteiger partial charge in [-0.1, -0.05) is 26.2 Å². The molecule has 0 aromatic carbocycles. The highest BCUT2D eigenvalue weighted by Crippen LogP contribution is 2.27. The Kier molecular flexibility index (Phi) is 7.57. The summed E-state index contributed by atoms with van der Waals surface area (Å²) in [4.78, 5) is 16.2. The molecule has 1 saturated carbocycles. The lowest BCUT2D eigenvalue weighted by molar-refractivity contribution is -0.113. The van der Waals surface area contributed by atoms with E-state index < -0.39 is 0 Å². The molecule has 1 fully saturated rings. The average Bonchev–Trinajstić information content (AvgIpc) is 2.55. The van der Waals surface area contributed by atoms with Crippen LogP contribution in [0.25, 0.3) is 0 Å². The summed E-state index contributed by atoms with van der Waals surface area (Å²) >= 11 is 1.64. The molecule has 1 heterocycles. The molecule has 0 unspecified atom stereocenters. The lowest BCUT2D eigenvalue weighted by Crippen LogP contribution is -2.18. The lowest BCUT2D eigenvalue weighted by atomic mass is 9.90. The van der Waals surface area contributed by atoms with Crippen LogP contribution in [0.2, 0.25) is 0 Å². The van der Waals surface area contributed by atoms with Crippen LogP contribution in [-0.4, -0.2) is 29.0 Å². The Hall–Kier alpha value is -1.23. The minimum Gasteiger partial charge on any atom is -0.489 e. The van der Waals surface area contributed by atoms with Crippen molar-refractivity contribution < 1.29 is 9.53 Å². The summed E-state index contributed by atoms with van der Waals surface area (Å²) in [7, 11) is 0. The number of carbonyl (C=O) groups is 1. The Balaban J connectivity index is 1.84. The van der Waals surface area contributed by atoms with Gasteiger partial charge in [-0.15, -0.1) is 0 Å². The van der Waals surface area contributed by atoms with Crippen molar-refractivity contribution in [3.63, 3.8) is 0 Å². The predicted octanol–water partition coefficient (Wildman–Crippen LogP) is 4.12. The normalized spacial score (nSPS) is 15.5. The SMILES string of the molecule is CCCSCC(=O)Nc1ncccc1OCC1CCCCC1. The minimum absolute atomic E-state index is 0.0142. The summed E-state index contributed by atoms with van der Waals surface area (Å²) in [5.74, 6) is 3.31. The number of carbonyl (C=O) groups excluding carboxylic acids is 1. The fourth-order valence-electron chi connectivity index (χ4n) is 2.64. The van der Waals surface area contributed by atoms with E-state index in [0.29, 0.717) is 23.2 Å². The third-order valence-corrected chi connectivity index (χ3v) is 4.97. The van der Waals surface area contributed by atoms with E-state index in [1.807, 2.05) is 12.1 Å². The third-order valence-electron chi connectivity index (χ3n) is 3.81. The molecule has 2 rings (SSSR count). The van der Waals surface area contributed by atoms with E-state index >= 15 is 0 Å². The van der Waals surface area contributed by atoms with Crippen LogP contribution >= 0.6 is 11.8 Å². The Bertz CT molecular complexity index is 462. The Morgan fingerprint density at radius 1 is 1.41 bits per heavy atom. The molecule has 1 aromatic heterocycles. The molecule has 122 valence electrons. The Morgan fingerprint density at radius 2 is 2.23 bits per heavy atom. The van der Waals surface area contributed by atoms with E-state index in [9.17, 15) is 4.79 Å². The standard InChI is InChI=1S/C17H26N2O2S/c1-2-11-22-13-16(20)19-17-15(9-6-10-18-17)21-12-14-7-4-3-5-8-14/h6,9-10,14H,2-5,7-8,11-13H2,1H3,(H,18,19,20). The van der Waals surface area contributed by atoms with Gasteiger partial charge in [-0.3, -0.25) is 4.79 Å². The maximum absolute atomic E-state index is 11.9. The molecular formula is C17H26N2O2S. The lowest BCUT2D eigenvalue weighted by Gasteiger charge is -2.22. The fraction of sp³-hybridized carbons (Fsp3) is 0.647. The molecular weight excluding hydrogens is 296 g/mol. The quantitative estimate of drug-likeness (QED) is 0.731. The highest BCUT2D eigenvalue weighted by Gasteiger charge is 2.15. The molecule has 0 atom stereocenters. The van der Waals surface area contributed by atoms with Crippen molar-refractivity contribution in [2.45, 2.75) is 45.4 Å². The van der Waals surface area contributed by atoms with Crippen LogP contribution in [0, 0.1) is 5.92 Å². The number of ether oxygens (including phenoxy) is 1. The molecule has 0 bridgehead atoms. The topological polar surface area (TPSA) is 51.2 Å². The van der Waals surface area contributed by atoms with Gasteiger partial charge in [0.2, 0.25) is 5.91 Å². The molecule has 1 aliphatic rings. The molecule has 0 spiro atoms.